The molecule has 1 heterocycles. The number of ether oxygens (including phenoxy) is 1. The number of hydrogen-bond donors (Lipinski definition) is 0. The Balaban J connectivity index is 2.37. The molecule has 0 unspecified atom stereocenters. The van der Waals surface area contributed by atoms with E-state index in [9.17, 15) is 4.79 Å². The lowest BCUT2D eigenvalue weighted by atomic mass is 10.3. The highest BCUT2D eigenvalue weighted by atomic mass is 35.5. The smallest absolute Gasteiger partial charge is 0.358 e. The summed E-state index contributed by atoms with van der Waals surface area (Å²) >= 11 is 11.7. The molecular formula is C11H8Cl2N2O2. The number of rotatable bonds is 2. The number of methoxy groups -OCH3 is 1. The fourth-order valence-electron chi connectivity index (χ4n) is 1.31. The van der Waals surface area contributed by atoms with E-state index in [-0.39, 0.29) is 5.69 Å². The minimum Gasteiger partial charge on any atom is -0.464 e. The highest BCUT2D eigenvalue weighted by Gasteiger charge is 2.10. The molecule has 88 valence electrons. The molecule has 1 aromatic heterocycles. The zero-order valence-electron chi connectivity index (χ0n) is 8.85. The Morgan fingerprint density at radius 1 is 1.29 bits per heavy atom. The van der Waals surface area contributed by atoms with Gasteiger partial charge in [0.25, 0.3) is 0 Å². The van der Waals surface area contributed by atoms with E-state index in [0.717, 1.165) is 5.69 Å². The Morgan fingerprint density at radius 3 is 2.71 bits per heavy atom. The molecule has 0 saturated heterocycles. The van der Waals surface area contributed by atoms with Crippen molar-refractivity contribution in [2.75, 3.05) is 7.11 Å². The molecule has 2 rings (SSSR count). The van der Waals surface area contributed by atoms with Crippen LogP contribution in [0.25, 0.3) is 5.69 Å². The van der Waals surface area contributed by atoms with Crippen molar-refractivity contribution in [2.45, 2.75) is 0 Å². The van der Waals surface area contributed by atoms with Crippen molar-refractivity contribution in [3.8, 4) is 5.69 Å². The molecule has 17 heavy (non-hydrogen) atoms. The van der Waals surface area contributed by atoms with E-state index in [4.69, 9.17) is 23.2 Å². The summed E-state index contributed by atoms with van der Waals surface area (Å²) in [7, 11) is 1.31. The number of hydrogen-bond acceptors (Lipinski definition) is 3. The third-order valence-electron chi connectivity index (χ3n) is 2.15. The van der Waals surface area contributed by atoms with Gasteiger partial charge in [-0.15, -0.1) is 0 Å². The van der Waals surface area contributed by atoms with Gasteiger partial charge in [-0.2, -0.15) is 5.10 Å². The lowest BCUT2D eigenvalue weighted by Crippen LogP contribution is -2.03. The molecule has 0 amide bonds. The minimum atomic E-state index is -0.483. The minimum absolute atomic E-state index is 0.235. The Labute approximate surface area is 108 Å². The van der Waals surface area contributed by atoms with Crippen LogP contribution in [0.4, 0.5) is 0 Å². The van der Waals surface area contributed by atoms with Gasteiger partial charge in [-0.25, -0.2) is 9.48 Å². The van der Waals surface area contributed by atoms with E-state index in [1.165, 1.54) is 11.8 Å². The van der Waals surface area contributed by atoms with Crippen LogP contribution in [0.5, 0.6) is 0 Å². The Hall–Kier alpha value is -1.52. The summed E-state index contributed by atoms with van der Waals surface area (Å²) in [5, 5.41) is 4.96. The standard InChI is InChI=1S/C11H8Cl2N2O2/c1-17-11(16)10-4-5-15(14-10)7-2-3-8(12)9(13)6-7/h2-6H,1H3. The van der Waals surface area contributed by atoms with Gasteiger partial charge in [-0.05, 0) is 24.3 Å². The van der Waals surface area contributed by atoms with Gasteiger partial charge in [0.1, 0.15) is 0 Å². The van der Waals surface area contributed by atoms with E-state index in [0.29, 0.717) is 10.0 Å². The fraction of sp³-hybridized carbons (Fsp3) is 0.0909. The Bertz CT molecular complexity index is 566. The fourth-order valence-corrected chi connectivity index (χ4v) is 1.60. The summed E-state index contributed by atoms with van der Waals surface area (Å²) < 4.78 is 6.09. The second kappa shape index (κ2) is 4.77. The summed E-state index contributed by atoms with van der Waals surface area (Å²) in [6.45, 7) is 0. The van der Waals surface area contributed by atoms with Crippen LogP contribution in [0.3, 0.4) is 0 Å². The van der Waals surface area contributed by atoms with Crippen LogP contribution in [0.15, 0.2) is 30.5 Å². The molecule has 0 aliphatic heterocycles. The molecule has 0 N–H and O–H groups in total. The molecule has 0 atom stereocenters. The summed E-state index contributed by atoms with van der Waals surface area (Å²) in [5.41, 5.74) is 0.952. The van der Waals surface area contributed by atoms with Crippen molar-refractivity contribution >= 4 is 29.2 Å². The molecule has 6 heteroatoms. The van der Waals surface area contributed by atoms with Crippen LogP contribution >= 0.6 is 23.2 Å². The first kappa shape index (κ1) is 12.0. The van der Waals surface area contributed by atoms with Crippen molar-refractivity contribution in [1.82, 2.24) is 9.78 Å². The van der Waals surface area contributed by atoms with Crippen LogP contribution in [0.1, 0.15) is 10.5 Å². The van der Waals surface area contributed by atoms with Crippen LogP contribution in [-0.4, -0.2) is 22.9 Å². The number of benzene rings is 1. The molecule has 0 spiro atoms. The molecule has 0 aliphatic rings. The highest BCUT2D eigenvalue weighted by Crippen LogP contribution is 2.24. The summed E-state index contributed by atoms with van der Waals surface area (Å²) in [5.74, 6) is -0.483. The number of carbonyl (C=O) groups is 1. The van der Waals surface area contributed by atoms with Gasteiger partial charge in [0.15, 0.2) is 5.69 Å². The van der Waals surface area contributed by atoms with Gasteiger partial charge < -0.3 is 4.74 Å². The normalized spacial score (nSPS) is 10.3. The van der Waals surface area contributed by atoms with Crippen molar-refractivity contribution < 1.29 is 9.53 Å². The first-order chi connectivity index (χ1) is 8.11. The van der Waals surface area contributed by atoms with Gasteiger partial charge in [0.05, 0.1) is 22.8 Å². The van der Waals surface area contributed by atoms with E-state index in [1.54, 1.807) is 30.5 Å². The largest absolute Gasteiger partial charge is 0.464 e. The SMILES string of the molecule is COC(=O)c1ccn(-c2ccc(Cl)c(Cl)c2)n1. The number of nitrogens with zero attached hydrogens (tertiary/aromatic N) is 2. The van der Waals surface area contributed by atoms with Crippen LogP contribution in [-0.2, 0) is 4.74 Å². The molecule has 0 aliphatic carbocycles. The summed E-state index contributed by atoms with van der Waals surface area (Å²) in [6, 6.07) is 6.65. The maximum atomic E-state index is 11.2. The first-order valence-electron chi connectivity index (χ1n) is 4.71. The second-order valence-electron chi connectivity index (χ2n) is 3.24. The zero-order chi connectivity index (χ0) is 12.4. The highest BCUT2D eigenvalue weighted by molar-refractivity contribution is 6.42. The van der Waals surface area contributed by atoms with Crippen LogP contribution < -0.4 is 0 Å². The third kappa shape index (κ3) is 2.43. The molecule has 0 bridgehead atoms. The Kier molecular flexibility index (Phi) is 3.36. The lowest BCUT2D eigenvalue weighted by Gasteiger charge is -2.02. The number of halogens is 2. The quantitative estimate of drug-likeness (QED) is 0.789. The predicted octanol–water partition coefficient (Wildman–Crippen LogP) is 2.97. The van der Waals surface area contributed by atoms with Crippen molar-refractivity contribution in [1.29, 1.82) is 0 Å². The molecule has 2 aromatic rings. The van der Waals surface area contributed by atoms with Gasteiger partial charge >= 0.3 is 5.97 Å². The lowest BCUT2D eigenvalue weighted by molar-refractivity contribution is 0.0593. The van der Waals surface area contributed by atoms with Gasteiger partial charge in [0.2, 0.25) is 0 Å². The van der Waals surface area contributed by atoms with Gasteiger partial charge in [0, 0.05) is 6.20 Å². The van der Waals surface area contributed by atoms with Crippen molar-refractivity contribution in [3.05, 3.63) is 46.2 Å². The van der Waals surface area contributed by atoms with Crippen LogP contribution in [0.2, 0.25) is 10.0 Å². The molecule has 0 fully saturated rings. The monoisotopic (exact) mass is 270 g/mol. The molecule has 1 aromatic carbocycles. The van der Waals surface area contributed by atoms with E-state index in [2.05, 4.69) is 9.84 Å². The number of aromatic nitrogens is 2. The third-order valence-corrected chi connectivity index (χ3v) is 2.89. The molecular weight excluding hydrogens is 263 g/mol. The van der Waals surface area contributed by atoms with Crippen molar-refractivity contribution in [3.63, 3.8) is 0 Å². The molecule has 0 saturated carbocycles. The van der Waals surface area contributed by atoms with Gasteiger partial charge in [-0.1, -0.05) is 23.2 Å². The number of carbonyl (C=O) groups excluding carboxylic acids is 1. The predicted molar refractivity (Wildman–Crippen MR) is 64.9 cm³/mol. The maximum absolute atomic E-state index is 11.2. The van der Waals surface area contributed by atoms with Gasteiger partial charge in [-0.3, -0.25) is 0 Å². The Morgan fingerprint density at radius 2 is 2.06 bits per heavy atom. The summed E-state index contributed by atoms with van der Waals surface area (Å²) in [4.78, 5) is 11.2. The topological polar surface area (TPSA) is 44.1 Å². The van der Waals surface area contributed by atoms with Crippen LogP contribution in [0, 0.1) is 0 Å². The average Bonchev–Trinajstić information content (AvgIpc) is 2.81. The molecule has 0 radical (unpaired) electrons. The number of esters is 1. The van der Waals surface area contributed by atoms with E-state index in [1.807, 2.05) is 0 Å². The zero-order valence-corrected chi connectivity index (χ0v) is 10.4. The molecule has 4 nitrogen and oxygen atoms in total. The average molecular weight is 271 g/mol. The summed E-state index contributed by atoms with van der Waals surface area (Å²) in [6.07, 6.45) is 1.64. The van der Waals surface area contributed by atoms with E-state index < -0.39 is 5.97 Å². The van der Waals surface area contributed by atoms with Crippen molar-refractivity contribution in [2.24, 2.45) is 0 Å². The second-order valence-corrected chi connectivity index (χ2v) is 4.05. The van der Waals surface area contributed by atoms with E-state index >= 15 is 0 Å². The maximum Gasteiger partial charge on any atom is 0.358 e. The first-order valence-corrected chi connectivity index (χ1v) is 5.47.